The highest BCUT2D eigenvalue weighted by Crippen LogP contribution is 2.30. The summed E-state index contributed by atoms with van der Waals surface area (Å²) in [7, 11) is 1.94. The first-order chi connectivity index (χ1) is 12.9. The molecule has 2 aromatic heterocycles. The van der Waals surface area contributed by atoms with Crippen LogP contribution in [0.1, 0.15) is 44.1 Å². The summed E-state index contributed by atoms with van der Waals surface area (Å²) in [6.45, 7) is 7.40. The van der Waals surface area contributed by atoms with Gasteiger partial charge in [0.1, 0.15) is 0 Å². The van der Waals surface area contributed by atoms with Crippen molar-refractivity contribution in [3.63, 3.8) is 0 Å². The molecule has 7 nitrogen and oxygen atoms in total. The molecular formula is C20H25N5O2. The zero-order valence-corrected chi connectivity index (χ0v) is 16.3. The van der Waals surface area contributed by atoms with Crippen LogP contribution in [-0.4, -0.2) is 43.8 Å². The molecule has 0 unspecified atom stereocenters. The van der Waals surface area contributed by atoms with Crippen molar-refractivity contribution in [2.75, 3.05) is 13.1 Å². The van der Waals surface area contributed by atoms with Crippen LogP contribution in [0.5, 0.6) is 0 Å². The van der Waals surface area contributed by atoms with Gasteiger partial charge in [0, 0.05) is 42.9 Å². The minimum Gasteiger partial charge on any atom is -0.342 e. The number of piperidine rings is 1. The van der Waals surface area contributed by atoms with Gasteiger partial charge in [-0.2, -0.15) is 10.1 Å². The monoisotopic (exact) mass is 367 g/mol. The van der Waals surface area contributed by atoms with E-state index < -0.39 is 0 Å². The van der Waals surface area contributed by atoms with E-state index in [4.69, 9.17) is 4.52 Å². The van der Waals surface area contributed by atoms with Crippen LogP contribution >= 0.6 is 0 Å². The largest absolute Gasteiger partial charge is 0.342 e. The van der Waals surface area contributed by atoms with Gasteiger partial charge < -0.3 is 9.42 Å². The molecule has 0 atom stereocenters. The molecule has 0 spiro atoms. The molecule has 142 valence electrons. The summed E-state index contributed by atoms with van der Waals surface area (Å²) in [5.74, 6) is 1.78. The lowest BCUT2D eigenvalue weighted by Gasteiger charge is -2.31. The highest BCUT2D eigenvalue weighted by atomic mass is 16.5. The van der Waals surface area contributed by atoms with Crippen molar-refractivity contribution in [3.05, 3.63) is 29.7 Å². The number of fused-ring (bicyclic) bond motifs is 1. The average Bonchev–Trinajstić information content (AvgIpc) is 3.26. The fourth-order valence-electron chi connectivity index (χ4n) is 3.81. The van der Waals surface area contributed by atoms with Gasteiger partial charge >= 0.3 is 0 Å². The Hall–Kier alpha value is -2.70. The standard InChI is InChI=1S/C20H25N5O2/c1-12(2)20(26)25-9-7-14(8-10-25)18-21-19(27-23-18)15-5-6-16-13(3)22-24(4)17(16)11-15/h5-6,11-12,14H,7-10H2,1-4H3. The molecule has 7 heteroatoms. The summed E-state index contributed by atoms with van der Waals surface area (Å²) in [6.07, 6.45) is 1.74. The van der Waals surface area contributed by atoms with Gasteiger partial charge in [-0.15, -0.1) is 0 Å². The van der Waals surface area contributed by atoms with Crippen LogP contribution in [0.15, 0.2) is 22.7 Å². The first-order valence-corrected chi connectivity index (χ1v) is 9.50. The number of nitrogens with zero attached hydrogens (tertiary/aromatic N) is 5. The number of likely N-dealkylation sites (tertiary alicyclic amines) is 1. The molecule has 1 fully saturated rings. The maximum absolute atomic E-state index is 12.1. The van der Waals surface area contributed by atoms with Gasteiger partial charge in [-0.25, -0.2) is 0 Å². The van der Waals surface area contributed by atoms with E-state index in [2.05, 4.69) is 15.2 Å². The Morgan fingerprint density at radius 3 is 2.70 bits per heavy atom. The van der Waals surface area contributed by atoms with Gasteiger partial charge in [-0.05, 0) is 31.9 Å². The predicted octanol–water partition coefficient (Wildman–Crippen LogP) is 3.29. The highest BCUT2D eigenvalue weighted by Gasteiger charge is 2.28. The van der Waals surface area contributed by atoms with E-state index in [0.717, 1.165) is 53.9 Å². The predicted molar refractivity (Wildman–Crippen MR) is 102 cm³/mol. The lowest BCUT2D eigenvalue weighted by molar-refractivity contribution is -0.135. The van der Waals surface area contributed by atoms with Crippen molar-refractivity contribution in [3.8, 4) is 11.5 Å². The van der Waals surface area contributed by atoms with Crippen molar-refractivity contribution in [2.45, 2.75) is 39.5 Å². The van der Waals surface area contributed by atoms with Crippen LogP contribution < -0.4 is 0 Å². The van der Waals surface area contributed by atoms with Crippen molar-refractivity contribution in [1.82, 2.24) is 24.8 Å². The van der Waals surface area contributed by atoms with E-state index in [1.54, 1.807) is 0 Å². The van der Waals surface area contributed by atoms with E-state index >= 15 is 0 Å². The third-order valence-electron chi connectivity index (χ3n) is 5.39. The molecule has 1 aliphatic rings. The zero-order valence-electron chi connectivity index (χ0n) is 16.3. The molecule has 1 aromatic carbocycles. The molecule has 3 aromatic rings. The highest BCUT2D eigenvalue weighted by molar-refractivity contribution is 5.85. The molecule has 3 heterocycles. The van der Waals surface area contributed by atoms with E-state index in [0.29, 0.717) is 5.89 Å². The van der Waals surface area contributed by atoms with Crippen molar-refractivity contribution >= 4 is 16.8 Å². The number of aryl methyl sites for hydroxylation is 2. The van der Waals surface area contributed by atoms with Crippen LogP contribution in [0.2, 0.25) is 0 Å². The number of hydrogen-bond acceptors (Lipinski definition) is 5. The number of rotatable bonds is 3. The normalized spacial score (nSPS) is 15.8. The molecule has 27 heavy (non-hydrogen) atoms. The van der Waals surface area contributed by atoms with Gasteiger partial charge in [0.25, 0.3) is 5.89 Å². The van der Waals surface area contributed by atoms with Gasteiger partial charge in [-0.3, -0.25) is 9.48 Å². The summed E-state index contributed by atoms with van der Waals surface area (Å²) in [6, 6.07) is 6.08. The number of carbonyl (C=O) groups is 1. The van der Waals surface area contributed by atoms with E-state index in [-0.39, 0.29) is 17.7 Å². The average molecular weight is 367 g/mol. The second kappa shape index (κ2) is 6.79. The smallest absolute Gasteiger partial charge is 0.258 e. The van der Waals surface area contributed by atoms with Crippen LogP contribution in [0.3, 0.4) is 0 Å². The Labute approximate surface area is 158 Å². The van der Waals surface area contributed by atoms with Crippen LogP contribution in [-0.2, 0) is 11.8 Å². The fraction of sp³-hybridized carbons (Fsp3) is 0.500. The number of benzene rings is 1. The van der Waals surface area contributed by atoms with E-state index in [1.807, 2.05) is 55.6 Å². The van der Waals surface area contributed by atoms with Gasteiger partial charge in [0.05, 0.1) is 11.2 Å². The van der Waals surface area contributed by atoms with Gasteiger partial charge in [-0.1, -0.05) is 25.1 Å². The second-order valence-electron chi connectivity index (χ2n) is 7.65. The SMILES string of the molecule is Cc1nn(C)c2cc(-c3nc(C4CCN(C(=O)C(C)C)CC4)no3)ccc12. The van der Waals surface area contributed by atoms with Crippen LogP contribution in [0.4, 0.5) is 0 Å². The fourth-order valence-corrected chi connectivity index (χ4v) is 3.81. The Morgan fingerprint density at radius 1 is 1.26 bits per heavy atom. The number of amides is 1. The lowest BCUT2D eigenvalue weighted by Crippen LogP contribution is -2.40. The summed E-state index contributed by atoms with van der Waals surface area (Å²) >= 11 is 0. The van der Waals surface area contributed by atoms with Gasteiger partial charge in [0.15, 0.2) is 5.82 Å². The lowest BCUT2D eigenvalue weighted by atomic mass is 9.95. The molecule has 0 N–H and O–H groups in total. The minimum absolute atomic E-state index is 0.0453. The van der Waals surface area contributed by atoms with Crippen molar-refractivity contribution < 1.29 is 9.32 Å². The third-order valence-corrected chi connectivity index (χ3v) is 5.39. The van der Waals surface area contributed by atoms with E-state index in [1.165, 1.54) is 0 Å². The number of hydrogen-bond donors (Lipinski definition) is 0. The topological polar surface area (TPSA) is 77.1 Å². The first kappa shape index (κ1) is 17.7. The Bertz CT molecular complexity index is 980. The molecule has 0 bridgehead atoms. The molecule has 1 saturated heterocycles. The van der Waals surface area contributed by atoms with Crippen molar-refractivity contribution in [2.24, 2.45) is 13.0 Å². The maximum atomic E-state index is 12.1. The van der Waals surface area contributed by atoms with Crippen LogP contribution in [0.25, 0.3) is 22.4 Å². The zero-order chi connectivity index (χ0) is 19.1. The summed E-state index contributed by atoms with van der Waals surface area (Å²) in [5.41, 5.74) is 2.95. The van der Waals surface area contributed by atoms with Crippen molar-refractivity contribution in [1.29, 1.82) is 0 Å². The third kappa shape index (κ3) is 3.22. The Balaban J connectivity index is 1.51. The summed E-state index contributed by atoms with van der Waals surface area (Å²) in [5, 5.41) is 9.80. The molecule has 1 amide bonds. The Kier molecular flexibility index (Phi) is 4.45. The molecule has 0 saturated carbocycles. The molecule has 4 rings (SSSR count). The van der Waals surface area contributed by atoms with Gasteiger partial charge in [0.2, 0.25) is 5.91 Å². The second-order valence-corrected chi connectivity index (χ2v) is 7.65. The molecular weight excluding hydrogens is 342 g/mol. The molecule has 0 radical (unpaired) electrons. The number of carbonyl (C=O) groups excluding carboxylic acids is 1. The molecule has 0 aliphatic carbocycles. The summed E-state index contributed by atoms with van der Waals surface area (Å²) in [4.78, 5) is 18.7. The molecule has 1 aliphatic heterocycles. The minimum atomic E-state index is 0.0453. The van der Waals surface area contributed by atoms with E-state index in [9.17, 15) is 4.79 Å². The number of aromatic nitrogens is 4. The quantitative estimate of drug-likeness (QED) is 0.710. The first-order valence-electron chi connectivity index (χ1n) is 9.50. The van der Waals surface area contributed by atoms with Crippen LogP contribution in [0, 0.1) is 12.8 Å². The Morgan fingerprint density at radius 2 is 2.00 bits per heavy atom. The summed E-state index contributed by atoms with van der Waals surface area (Å²) < 4.78 is 7.41. The maximum Gasteiger partial charge on any atom is 0.258 e.